The van der Waals surface area contributed by atoms with E-state index in [4.69, 9.17) is 4.74 Å². The standard InChI is InChI=1S/C19H23NO2S/c1-16-7-9-18(10-8-16)23-14-11-19(21)20-12-13-22-15-17-5-3-2-4-6-17/h2-10H,11-15H2,1H3,(H,20,21). The van der Waals surface area contributed by atoms with E-state index in [-0.39, 0.29) is 5.91 Å². The number of aryl methyl sites for hydroxylation is 1. The summed E-state index contributed by atoms with van der Waals surface area (Å²) in [7, 11) is 0. The Morgan fingerprint density at radius 3 is 2.57 bits per heavy atom. The second-order valence-corrected chi connectivity index (χ2v) is 6.47. The van der Waals surface area contributed by atoms with Gasteiger partial charge in [0.15, 0.2) is 0 Å². The highest BCUT2D eigenvalue weighted by Gasteiger charge is 2.01. The zero-order valence-electron chi connectivity index (χ0n) is 13.5. The number of amides is 1. The van der Waals surface area contributed by atoms with E-state index in [1.54, 1.807) is 11.8 Å². The molecule has 2 aromatic rings. The van der Waals surface area contributed by atoms with Crippen LogP contribution < -0.4 is 5.32 Å². The number of rotatable bonds is 9. The molecule has 0 bridgehead atoms. The molecule has 0 aliphatic carbocycles. The molecule has 0 saturated carbocycles. The third-order valence-corrected chi connectivity index (χ3v) is 4.31. The van der Waals surface area contributed by atoms with Crippen molar-refractivity contribution in [1.82, 2.24) is 5.32 Å². The summed E-state index contributed by atoms with van der Waals surface area (Å²) >= 11 is 1.71. The molecule has 0 fully saturated rings. The van der Waals surface area contributed by atoms with Crippen LogP contribution in [0, 0.1) is 6.92 Å². The van der Waals surface area contributed by atoms with Crippen molar-refractivity contribution in [3.63, 3.8) is 0 Å². The third kappa shape index (κ3) is 7.35. The molecule has 0 aliphatic heterocycles. The molecule has 0 saturated heterocycles. The Labute approximate surface area is 142 Å². The molecule has 0 unspecified atom stereocenters. The summed E-state index contributed by atoms with van der Waals surface area (Å²) in [4.78, 5) is 12.9. The summed E-state index contributed by atoms with van der Waals surface area (Å²) in [5.41, 5.74) is 2.40. The Balaban J connectivity index is 1.51. The average molecular weight is 329 g/mol. The molecule has 122 valence electrons. The van der Waals surface area contributed by atoms with Gasteiger partial charge in [-0.15, -0.1) is 11.8 Å². The van der Waals surface area contributed by atoms with E-state index in [0.717, 1.165) is 11.3 Å². The fraction of sp³-hybridized carbons (Fsp3) is 0.316. The summed E-state index contributed by atoms with van der Waals surface area (Å²) in [6.07, 6.45) is 0.525. The molecule has 0 aliphatic rings. The minimum Gasteiger partial charge on any atom is -0.375 e. The number of thioether (sulfide) groups is 1. The van der Waals surface area contributed by atoms with E-state index in [9.17, 15) is 4.79 Å². The Kier molecular flexibility index (Phi) is 7.70. The van der Waals surface area contributed by atoms with Gasteiger partial charge in [0.1, 0.15) is 0 Å². The zero-order chi connectivity index (χ0) is 16.3. The number of hydrogen-bond donors (Lipinski definition) is 1. The molecule has 0 heterocycles. The molecular formula is C19H23NO2S. The SMILES string of the molecule is Cc1ccc(SCCC(=O)NCCOCc2ccccc2)cc1. The molecule has 0 aromatic heterocycles. The topological polar surface area (TPSA) is 38.3 Å². The van der Waals surface area contributed by atoms with E-state index >= 15 is 0 Å². The van der Waals surface area contributed by atoms with E-state index in [1.165, 1.54) is 10.5 Å². The fourth-order valence-electron chi connectivity index (χ4n) is 2.01. The van der Waals surface area contributed by atoms with Gasteiger partial charge in [0, 0.05) is 23.6 Å². The van der Waals surface area contributed by atoms with Crippen LogP contribution in [0.15, 0.2) is 59.5 Å². The van der Waals surface area contributed by atoms with Crippen molar-refractivity contribution in [2.75, 3.05) is 18.9 Å². The molecule has 3 nitrogen and oxygen atoms in total. The Bertz CT molecular complexity index is 584. The smallest absolute Gasteiger partial charge is 0.220 e. The lowest BCUT2D eigenvalue weighted by molar-refractivity contribution is -0.120. The molecule has 0 radical (unpaired) electrons. The van der Waals surface area contributed by atoms with Crippen LogP contribution in [-0.2, 0) is 16.1 Å². The first kappa shape index (κ1) is 17.6. The normalized spacial score (nSPS) is 10.5. The van der Waals surface area contributed by atoms with Crippen molar-refractivity contribution in [3.05, 3.63) is 65.7 Å². The van der Waals surface area contributed by atoms with Crippen LogP contribution in [-0.4, -0.2) is 24.8 Å². The second kappa shape index (κ2) is 10.1. The van der Waals surface area contributed by atoms with Crippen LogP contribution in [0.5, 0.6) is 0 Å². The van der Waals surface area contributed by atoms with E-state index in [2.05, 4.69) is 36.5 Å². The summed E-state index contributed by atoms with van der Waals surface area (Å²) < 4.78 is 5.54. The molecule has 2 rings (SSSR count). The average Bonchev–Trinajstić information content (AvgIpc) is 2.57. The predicted molar refractivity (Wildman–Crippen MR) is 95.6 cm³/mol. The van der Waals surface area contributed by atoms with Gasteiger partial charge >= 0.3 is 0 Å². The minimum absolute atomic E-state index is 0.0768. The summed E-state index contributed by atoms with van der Waals surface area (Å²) in [6.45, 7) is 3.74. The summed E-state index contributed by atoms with van der Waals surface area (Å²) in [5.74, 6) is 0.868. The fourth-order valence-corrected chi connectivity index (χ4v) is 2.86. The first-order chi connectivity index (χ1) is 11.2. The quantitative estimate of drug-likeness (QED) is 0.561. The number of carbonyl (C=O) groups is 1. The Morgan fingerprint density at radius 1 is 1.09 bits per heavy atom. The predicted octanol–water partition coefficient (Wildman–Crippen LogP) is 3.81. The maximum atomic E-state index is 11.7. The van der Waals surface area contributed by atoms with Gasteiger partial charge in [-0.2, -0.15) is 0 Å². The third-order valence-electron chi connectivity index (χ3n) is 3.30. The van der Waals surface area contributed by atoms with Crippen LogP contribution in [0.4, 0.5) is 0 Å². The minimum atomic E-state index is 0.0768. The van der Waals surface area contributed by atoms with Gasteiger partial charge in [0.25, 0.3) is 0 Å². The van der Waals surface area contributed by atoms with Crippen molar-refractivity contribution in [2.24, 2.45) is 0 Å². The van der Waals surface area contributed by atoms with Gasteiger partial charge in [-0.25, -0.2) is 0 Å². The Morgan fingerprint density at radius 2 is 1.83 bits per heavy atom. The maximum Gasteiger partial charge on any atom is 0.220 e. The van der Waals surface area contributed by atoms with E-state index < -0.39 is 0 Å². The van der Waals surface area contributed by atoms with Crippen molar-refractivity contribution in [3.8, 4) is 0 Å². The van der Waals surface area contributed by atoms with Gasteiger partial charge in [0.2, 0.25) is 5.91 Å². The second-order valence-electron chi connectivity index (χ2n) is 5.30. The number of nitrogens with one attached hydrogen (secondary N) is 1. The van der Waals surface area contributed by atoms with Gasteiger partial charge in [-0.1, -0.05) is 48.0 Å². The molecule has 4 heteroatoms. The monoisotopic (exact) mass is 329 g/mol. The number of benzene rings is 2. The zero-order valence-corrected chi connectivity index (χ0v) is 14.3. The van der Waals surface area contributed by atoms with Gasteiger partial charge in [0.05, 0.1) is 13.2 Å². The molecule has 1 amide bonds. The van der Waals surface area contributed by atoms with Gasteiger partial charge in [-0.3, -0.25) is 4.79 Å². The van der Waals surface area contributed by atoms with Crippen molar-refractivity contribution >= 4 is 17.7 Å². The highest BCUT2D eigenvalue weighted by molar-refractivity contribution is 7.99. The van der Waals surface area contributed by atoms with Crippen LogP contribution in [0.2, 0.25) is 0 Å². The molecule has 1 N–H and O–H groups in total. The lowest BCUT2D eigenvalue weighted by atomic mass is 10.2. The molecule has 2 aromatic carbocycles. The molecular weight excluding hydrogens is 306 g/mol. The highest BCUT2D eigenvalue weighted by atomic mass is 32.2. The van der Waals surface area contributed by atoms with Crippen LogP contribution in [0.1, 0.15) is 17.5 Å². The van der Waals surface area contributed by atoms with Crippen LogP contribution in [0.25, 0.3) is 0 Å². The van der Waals surface area contributed by atoms with E-state index in [0.29, 0.717) is 26.2 Å². The summed E-state index contributed by atoms with van der Waals surface area (Å²) in [5, 5.41) is 2.89. The first-order valence-electron chi connectivity index (χ1n) is 7.82. The maximum absolute atomic E-state index is 11.7. The van der Waals surface area contributed by atoms with Crippen molar-refractivity contribution in [1.29, 1.82) is 0 Å². The van der Waals surface area contributed by atoms with Gasteiger partial charge < -0.3 is 10.1 Å². The largest absolute Gasteiger partial charge is 0.375 e. The van der Waals surface area contributed by atoms with Gasteiger partial charge in [-0.05, 0) is 24.6 Å². The van der Waals surface area contributed by atoms with Crippen molar-refractivity contribution < 1.29 is 9.53 Å². The lowest BCUT2D eigenvalue weighted by Gasteiger charge is -2.07. The first-order valence-corrected chi connectivity index (χ1v) is 8.80. The Hall–Kier alpha value is -1.78. The number of carbonyl (C=O) groups excluding carboxylic acids is 1. The van der Waals surface area contributed by atoms with Crippen LogP contribution in [0.3, 0.4) is 0 Å². The van der Waals surface area contributed by atoms with Crippen LogP contribution >= 0.6 is 11.8 Å². The molecule has 0 atom stereocenters. The number of hydrogen-bond acceptors (Lipinski definition) is 3. The highest BCUT2D eigenvalue weighted by Crippen LogP contribution is 2.18. The molecule has 23 heavy (non-hydrogen) atoms. The van der Waals surface area contributed by atoms with E-state index in [1.807, 2.05) is 30.3 Å². The molecule has 0 spiro atoms. The summed E-state index contributed by atoms with van der Waals surface area (Å²) in [6, 6.07) is 18.4. The lowest BCUT2D eigenvalue weighted by Crippen LogP contribution is -2.27. The van der Waals surface area contributed by atoms with Crippen molar-refractivity contribution in [2.45, 2.75) is 24.8 Å². The number of ether oxygens (including phenoxy) is 1.